The van der Waals surface area contributed by atoms with E-state index in [1.165, 1.54) is 75.5 Å². The monoisotopic (exact) mass is 455 g/mol. The summed E-state index contributed by atoms with van der Waals surface area (Å²) >= 11 is 0. The molecule has 0 saturated carbocycles. The predicted molar refractivity (Wildman–Crippen MR) is 134 cm³/mol. The molecule has 5 heteroatoms. The molecule has 5 nitrogen and oxygen atoms in total. The van der Waals surface area contributed by atoms with E-state index < -0.39 is 12.1 Å². The van der Waals surface area contributed by atoms with E-state index in [1.807, 2.05) is 20.8 Å². The van der Waals surface area contributed by atoms with Gasteiger partial charge in [-0.2, -0.15) is 0 Å². The molecule has 0 N–H and O–H groups in total. The van der Waals surface area contributed by atoms with E-state index in [0.29, 0.717) is 19.6 Å². The van der Waals surface area contributed by atoms with Crippen molar-refractivity contribution in [1.82, 2.24) is 4.90 Å². The average molecular weight is 456 g/mol. The average Bonchev–Trinajstić information content (AvgIpc) is 2.77. The second-order valence-electron chi connectivity index (χ2n) is 9.63. The second kappa shape index (κ2) is 21.6. The minimum atomic E-state index is -0.578. The highest BCUT2D eigenvalue weighted by atomic mass is 16.6. The Bertz CT molecular complexity index is 453. The van der Waals surface area contributed by atoms with Crippen molar-refractivity contribution in [2.45, 2.75) is 136 Å². The van der Waals surface area contributed by atoms with Crippen LogP contribution in [0.25, 0.3) is 0 Å². The number of hydrogen-bond acceptors (Lipinski definition) is 4. The van der Waals surface area contributed by atoms with Crippen molar-refractivity contribution in [3.63, 3.8) is 0 Å². The maximum atomic E-state index is 12.6. The number of amides is 1. The standard InChI is InChI=1S/C27H53NO4/c1-6-8-10-11-12-13-14-15-16-17-18-19-20-22-31-26(29)25(23-24(3)4)28(5)27(30)32-21-9-7-2/h24-25H,6-23H2,1-5H3. The van der Waals surface area contributed by atoms with Gasteiger partial charge in [0.25, 0.3) is 0 Å². The van der Waals surface area contributed by atoms with Crippen LogP contribution in [0.2, 0.25) is 0 Å². The SMILES string of the molecule is CCCCCCCCCCCCCCCOC(=O)C(CC(C)C)N(C)C(=O)OCCCC. The number of nitrogens with zero attached hydrogens (tertiary/aromatic N) is 1. The summed E-state index contributed by atoms with van der Waals surface area (Å²) in [6.07, 6.45) is 18.7. The van der Waals surface area contributed by atoms with Crippen LogP contribution in [0.1, 0.15) is 130 Å². The predicted octanol–water partition coefficient (Wildman–Crippen LogP) is 7.90. The lowest BCUT2D eigenvalue weighted by atomic mass is 10.0. The minimum Gasteiger partial charge on any atom is -0.464 e. The maximum Gasteiger partial charge on any atom is 0.410 e. The third-order valence-electron chi connectivity index (χ3n) is 5.94. The maximum absolute atomic E-state index is 12.6. The molecule has 0 heterocycles. The largest absolute Gasteiger partial charge is 0.464 e. The molecule has 1 amide bonds. The van der Waals surface area contributed by atoms with Gasteiger partial charge in [0.1, 0.15) is 6.04 Å². The first kappa shape index (κ1) is 30.7. The van der Waals surface area contributed by atoms with Crippen molar-refractivity contribution in [1.29, 1.82) is 0 Å². The van der Waals surface area contributed by atoms with Gasteiger partial charge in [-0.1, -0.05) is 111 Å². The molecule has 0 aliphatic carbocycles. The van der Waals surface area contributed by atoms with Crippen LogP contribution >= 0.6 is 0 Å². The van der Waals surface area contributed by atoms with Gasteiger partial charge in [-0.15, -0.1) is 0 Å². The van der Waals surface area contributed by atoms with E-state index in [4.69, 9.17) is 9.47 Å². The minimum absolute atomic E-state index is 0.287. The quantitative estimate of drug-likeness (QED) is 0.130. The lowest BCUT2D eigenvalue weighted by Gasteiger charge is -2.27. The Morgan fingerprint density at radius 1 is 0.656 bits per heavy atom. The molecule has 1 unspecified atom stereocenters. The Morgan fingerprint density at radius 2 is 1.09 bits per heavy atom. The van der Waals surface area contributed by atoms with Crippen molar-refractivity contribution in [2.24, 2.45) is 5.92 Å². The fourth-order valence-electron chi connectivity index (χ4n) is 3.78. The van der Waals surface area contributed by atoms with Gasteiger partial charge in [0.2, 0.25) is 0 Å². The number of esters is 1. The van der Waals surface area contributed by atoms with Gasteiger partial charge in [-0.3, -0.25) is 4.90 Å². The van der Waals surface area contributed by atoms with Gasteiger partial charge >= 0.3 is 12.1 Å². The molecular weight excluding hydrogens is 402 g/mol. The Hall–Kier alpha value is -1.26. The molecule has 1 atom stereocenters. The van der Waals surface area contributed by atoms with Crippen LogP contribution in [0.3, 0.4) is 0 Å². The zero-order valence-electron chi connectivity index (χ0n) is 22.0. The lowest BCUT2D eigenvalue weighted by Crippen LogP contribution is -2.44. The van der Waals surface area contributed by atoms with Crippen LogP contribution in [0.5, 0.6) is 0 Å². The summed E-state index contributed by atoms with van der Waals surface area (Å²) in [6.45, 7) is 9.23. The smallest absolute Gasteiger partial charge is 0.410 e. The third-order valence-corrected chi connectivity index (χ3v) is 5.94. The van der Waals surface area contributed by atoms with Gasteiger partial charge < -0.3 is 9.47 Å². The van der Waals surface area contributed by atoms with E-state index in [9.17, 15) is 9.59 Å². The number of unbranched alkanes of at least 4 members (excludes halogenated alkanes) is 13. The summed E-state index contributed by atoms with van der Waals surface area (Å²) in [5.41, 5.74) is 0. The molecule has 0 rings (SSSR count). The highest BCUT2D eigenvalue weighted by Crippen LogP contribution is 2.15. The van der Waals surface area contributed by atoms with Crippen molar-refractivity contribution < 1.29 is 19.1 Å². The fourth-order valence-corrected chi connectivity index (χ4v) is 3.78. The first-order valence-corrected chi connectivity index (χ1v) is 13.5. The summed E-state index contributed by atoms with van der Waals surface area (Å²) < 4.78 is 10.8. The van der Waals surface area contributed by atoms with E-state index in [0.717, 1.165) is 25.7 Å². The second-order valence-corrected chi connectivity index (χ2v) is 9.63. The zero-order chi connectivity index (χ0) is 24.0. The Balaban J connectivity index is 3.91. The molecule has 32 heavy (non-hydrogen) atoms. The molecule has 0 aliphatic rings. The van der Waals surface area contributed by atoms with E-state index >= 15 is 0 Å². The molecule has 0 aromatic heterocycles. The van der Waals surface area contributed by atoms with Crippen LogP contribution in [0.15, 0.2) is 0 Å². The Morgan fingerprint density at radius 3 is 1.56 bits per heavy atom. The number of hydrogen-bond donors (Lipinski definition) is 0. The van der Waals surface area contributed by atoms with Crippen LogP contribution in [0.4, 0.5) is 4.79 Å². The molecule has 0 spiro atoms. The first-order valence-electron chi connectivity index (χ1n) is 13.5. The van der Waals surface area contributed by atoms with Gasteiger partial charge in [0.05, 0.1) is 13.2 Å². The van der Waals surface area contributed by atoms with Gasteiger partial charge in [-0.25, -0.2) is 9.59 Å². The topological polar surface area (TPSA) is 55.8 Å². The lowest BCUT2D eigenvalue weighted by molar-refractivity contribution is -0.149. The van der Waals surface area contributed by atoms with Crippen molar-refractivity contribution in [3.05, 3.63) is 0 Å². The summed E-state index contributed by atoms with van der Waals surface area (Å²) in [4.78, 5) is 26.2. The number of ether oxygens (including phenoxy) is 2. The number of likely N-dealkylation sites (N-methyl/N-ethyl adjacent to an activating group) is 1. The number of carbonyl (C=O) groups is 2. The van der Waals surface area contributed by atoms with Gasteiger partial charge in [0, 0.05) is 7.05 Å². The van der Waals surface area contributed by atoms with Crippen LogP contribution in [0, 0.1) is 5.92 Å². The highest BCUT2D eigenvalue weighted by molar-refractivity contribution is 5.81. The molecule has 0 saturated heterocycles. The third kappa shape index (κ3) is 17.3. The molecule has 0 aliphatic heterocycles. The van der Waals surface area contributed by atoms with Crippen molar-refractivity contribution in [2.75, 3.05) is 20.3 Å². The summed E-state index contributed by atoms with van der Waals surface area (Å²) in [5, 5.41) is 0. The van der Waals surface area contributed by atoms with E-state index in [-0.39, 0.29) is 11.9 Å². The number of rotatable bonds is 21. The zero-order valence-corrected chi connectivity index (χ0v) is 22.0. The van der Waals surface area contributed by atoms with E-state index in [2.05, 4.69) is 6.92 Å². The Kier molecular flexibility index (Phi) is 20.7. The number of carbonyl (C=O) groups excluding carboxylic acids is 2. The van der Waals surface area contributed by atoms with E-state index in [1.54, 1.807) is 7.05 Å². The molecule has 0 bridgehead atoms. The normalized spacial score (nSPS) is 12.1. The van der Waals surface area contributed by atoms with Gasteiger partial charge in [0.15, 0.2) is 0 Å². The molecule has 0 radical (unpaired) electrons. The summed E-state index contributed by atoms with van der Waals surface area (Å²) in [5.74, 6) is -0.0256. The van der Waals surface area contributed by atoms with Crippen molar-refractivity contribution >= 4 is 12.1 Å². The van der Waals surface area contributed by atoms with Crippen LogP contribution in [-0.4, -0.2) is 43.3 Å². The fraction of sp³-hybridized carbons (Fsp3) is 0.926. The summed E-state index contributed by atoms with van der Waals surface area (Å²) in [6, 6.07) is -0.578. The summed E-state index contributed by atoms with van der Waals surface area (Å²) in [7, 11) is 1.63. The first-order chi connectivity index (χ1) is 15.4. The van der Waals surface area contributed by atoms with Crippen molar-refractivity contribution in [3.8, 4) is 0 Å². The van der Waals surface area contributed by atoms with Crippen LogP contribution < -0.4 is 0 Å². The Labute approximate surface area is 199 Å². The van der Waals surface area contributed by atoms with Crippen LogP contribution in [-0.2, 0) is 14.3 Å². The molecular formula is C27H53NO4. The molecule has 0 fully saturated rings. The highest BCUT2D eigenvalue weighted by Gasteiger charge is 2.29. The molecule has 0 aromatic rings. The molecule has 190 valence electrons. The van der Waals surface area contributed by atoms with Gasteiger partial charge in [-0.05, 0) is 25.2 Å². The molecule has 0 aromatic carbocycles.